The van der Waals surface area contributed by atoms with Crippen molar-refractivity contribution in [3.63, 3.8) is 0 Å². The molecule has 0 spiro atoms. The normalized spacial score (nSPS) is 13.8. The summed E-state index contributed by atoms with van der Waals surface area (Å²) in [6, 6.07) is 13.9. The minimum atomic E-state index is -0.437. The summed E-state index contributed by atoms with van der Waals surface area (Å²) in [7, 11) is 0. The van der Waals surface area contributed by atoms with Crippen LogP contribution in [-0.4, -0.2) is 31.6 Å². The number of hydrogen-bond donors (Lipinski definition) is 0. The molecule has 5 nitrogen and oxygen atoms in total. The highest BCUT2D eigenvalue weighted by Gasteiger charge is 2.22. The van der Waals surface area contributed by atoms with Crippen molar-refractivity contribution in [2.45, 2.75) is 12.8 Å². The van der Waals surface area contributed by atoms with Gasteiger partial charge in [-0.15, -0.1) is 0 Å². The summed E-state index contributed by atoms with van der Waals surface area (Å²) < 4.78 is 10.7. The predicted molar refractivity (Wildman–Crippen MR) is 95.3 cm³/mol. The van der Waals surface area contributed by atoms with Crippen LogP contribution in [0, 0.1) is 0 Å². The van der Waals surface area contributed by atoms with Gasteiger partial charge in [-0.05, 0) is 48.9 Å². The average molecular weight is 360 g/mol. The van der Waals surface area contributed by atoms with Crippen molar-refractivity contribution in [3.05, 3.63) is 59.1 Å². The number of halogens is 1. The number of amides is 1. The van der Waals surface area contributed by atoms with E-state index in [9.17, 15) is 9.59 Å². The molecule has 0 aliphatic carbocycles. The van der Waals surface area contributed by atoms with E-state index in [-0.39, 0.29) is 19.1 Å². The first kappa shape index (κ1) is 17.3. The molecule has 0 radical (unpaired) electrons. The van der Waals surface area contributed by atoms with E-state index in [0.29, 0.717) is 29.3 Å². The summed E-state index contributed by atoms with van der Waals surface area (Å²) in [4.78, 5) is 25.7. The van der Waals surface area contributed by atoms with Crippen LogP contribution in [0.1, 0.15) is 23.2 Å². The maximum Gasteiger partial charge on any atom is 0.338 e. The van der Waals surface area contributed by atoms with E-state index in [1.165, 1.54) is 0 Å². The fraction of sp³-hybridized carbons (Fsp3) is 0.263. The summed E-state index contributed by atoms with van der Waals surface area (Å²) >= 11 is 5.80. The highest BCUT2D eigenvalue weighted by molar-refractivity contribution is 6.30. The lowest BCUT2D eigenvalue weighted by Crippen LogP contribution is -2.24. The van der Waals surface area contributed by atoms with Crippen LogP contribution in [0.5, 0.6) is 5.75 Å². The molecule has 0 unspecified atom stereocenters. The lowest BCUT2D eigenvalue weighted by atomic mass is 10.2. The van der Waals surface area contributed by atoms with Crippen LogP contribution >= 0.6 is 11.6 Å². The average Bonchev–Trinajstić information content (AvgIpc) is 3.06. The number of anilines is 1. The van der Waals surface area contributed by atoms with Crippen LogP contribution in [0.25, 0.3) is 0 Å². The van der Waals surface area contributed by atoms with Crippen LogP contribution in [0.2, 0.25) is 5.02 Å². The fourth-order valence-electron chi connectivity index (χ4n) is 2.63. The zero-order valence-corrected chi connectivity index (χ0v) is 14.4. The number of carbonyl (C=O) groups excluding carboxylic acids is 2. The second kappa shape index (κ2) is 8.03. The van der Waals surface area contributed by atoms with Gasteiger partial charge in [-0.1, -0.05) is 17.7 Å². The molecule has 1 saturated heterocycles. The van der Waals surface area contributed by atoms with Crippen molar-refractivity contribution in [1.29, 1.82) is 0 Å². The van der Waals surface area contributed by atoms with Crippen LogP contribution < -0.4 is 9.64 Å². The van der Waals surface area contributed by atoms with Gasteiger partial charge in [0.15, 0.2) is 0 Å². The molecule has 2 aromatic carbocycles. The molecule has 2 aromatic rings. The van der Waals surface area contributed by atoms with Crippen LogP contribution in [0.3, 0.4) is 0 Å². The molecule has 0 bridgehead atoms. The van der Waals surface area contributed by atoms with Gasteiger partial charge in [0.05, 0.1) is 5.56 Å². The molecular formula is C19H18ClNO4. The highest BCUT2D eigenvalue weighted by atomic mass is 35.5. The molecule has 0 atom stereocenters. The predicted octanol–water partition coefficient (Wildman–Crippen LogP) is 3.70. The molecule has 1 aliphatic heterocycles. The van der Waals surface area contributed by atoms with Crippen LogP contribution in [0.15, 0.2) is 48.5 Å². The van der Waals surface area contributed by atoms with Gasteiger partial charge >= 0.3 is 5.97 Å². The van der Waals surface area contributed by atoms with Gasteiger partial charge in [0.1, 0.15) is 19.0 Å². The lowest BCUT2D eigenvalue weighted by molar-refractivity contribution is -0.117. The van der Waals surface area contributed by atoms with Gasteiger partial charge in [0.25, 0.3) is 0 Å². The summed E-state index contributed by atoms with van der Waals surface area (Å²) in [6.07, 6.45) is 1.40. The highest BCUT2D eigenvalue weighted by Crippen LogP contribution is 2.22. The number of hydrogen-bond acceptors (Lipinski definition) is 4. The number of esters is 1. The van der Waals surface area contributed by atoms with Gasteiger partial charge in [0, 0.05) is 23.7 Å². The minimum Gasteiger partial charge on any atom is -0.490 e. The van der Waals surface area contributed by atoms with E-state index >= 15 is 0 Å². The zero-order chi connectivity index (χ0) is 17.6. The third-order valence-electron chi connectivity index (χ3n) is 3.87. The van der Waals surface area contributed by atoms with Crippen molar-refractivity contribution >= 4 is 29.2 Å². The van der Waals surface area contributed by atoms with E-state index in [4.69, 9.17) is 21.1 Å². The summed E-state index contributed by atoms with van der Waals surface area (Å²) in [5.41, 5.74) is 1.15. The van der Waals surface area contributed by atoms with E-state index in [2.05, 4.69) is 0 Å². The Bertz CT molecular complexity index is 760. The Morgan fingerprint density at radius 2 is 1.92 bits per heavy atom. The molecule has 1 aliphatic rings. The maximum absolute atomic E-state index is 12.2. The first-order valence-electron chi connectivity index (χ1n) is 8.09. The molecule has 25 heavy (non-hydrogen) atoms. The number of benzene rings is 2. The second-order valence-electron chi connectivity index (χ2n) is 5.64. The van der Waals surface area contributed by atoms with E-state index < -0.39 is 5.97 Å². The number of ether oxygens (including phenoxy) is 2. The summed E-state index contributed by atoms with van der Waals surface area (Å²) in [5, 5.41) is 0.634. The van der Waals surface area contributed by atoms with Crippen molar-refractivity contribution < 1.29 is 19.1 Å². The molecule has 0 saturated carbocycles. The number of carbonyl (C=O) groups is 2. The Morgan fingerprint density at radius 3 is 2.64 bits per heavy atom. The molecule has 0 aromatic heterocycles. The van der Waals surface area contributed by atoms with Gasteiger partial charge in [0.2, 0.25) is 5.91 Å². The van der Waals surface area contributed by atoms with Gasteiger partial charge in [-0.2, -0.15) is 0 Å². The quantitative estimate of drug-likeness (QED) is 0.583. The smallest absolute Gasteiger partial charge is 0.338 e. The van der Waals surface area contributed by atoms with Crippen molar-refractivity contribution in [1.82, 2.24) is 0 Å². The van der Waals surface area contributed by atoms with Gasteiger partial charge < -0.3 is 14.4 Å². The molecule has 1 fully saturated rings. The Labute approximate surface area is 151 Å². The van der Waals surface area contributed by atoms with E-state index in [1.807, 2.05) is 6.07 Å². The van der Waals surface area contributed by atoms with E-state index in [1.54, 1.807) is 47.4 Å². The summed E-state index contributed by atoms with van der Waals surface area (Å²) in [6.45, 7) is 1.07. The van der Waals surface area contributed by atoms with Gasteiger partial charge in [-0.3, -0.25) is 4.79 Å². The molecule has 3 rings (SSSR count). The number of rotatable bonds is 6. The maximum atomic E-state index is 12.2. The molecule has 0 N–H and O–H groups in total. The Hall–Kier alpha value is -2.53. The standard InChI is InChI=1S/C19H18ClNO4/c20-15-6-8-17(9-7-15)24-11-12-25-19(23)14-3-1-4-16(13-14)21-10-2-5-18(21)22/h1,3-4,6-9,13H,2,5,10-12H2. The number of nitrogens with zero attached hydrogens (tertiary/aromatic N) is 1. The zero-order valence-electron chi connectivity index (χ0n) is 13.6. The first-order chi connectivity index (χ1) is 12.1. The second-order valence-corrected chi connectivity index (χ2v) is 6.07. The third kappa shape index (κ3) is 4.51. The molecule has 6 heteroatoms. The Kier molecular flexibility index (Phi) is 5.56. The largest absolute Gasteiger partial charge is 0.490 e. The van der Waals surface area contributed by atoms with Crippen molar-refractivity contribution in [2.75, 3.05) is 24.7 Å². The summed E-state index contributed by atoms with van der Waals surface area (Å²) in [5.74, 6) is 0.310. The van der Waals surface area contributed by atoms with Crippen molar-refractivity contribution in [3.8, 4) is 5.75 Å². The topological polar surface area (TPSA) is 55.8 Å². The van der Waals surface area contributed by atoms with Crippen molar-refractivity contribution in [2.24, 2.45) is 0 Å². The fourth-order valence-corrected chi connectivity index (χ4v) is 2.76. The molecular weight excluding hydrogens is 342 g/mol. The first-order valence-corrected chi connectivity index (χ1v) is 8.47. The van der Waals surface area contributed by atoms with E-state index in [0.717, 1.165) is 12.1 Å². The molecule has 130 valence electrons. The third-order valence-corrected chi connectivity index (χ3v) is 4.12. The lowest BCUT2D eigenvalue weighted by Gasteiger charge is -2.16. The van der Waals surface area contributed by atoms with Crippen LogP contribution in [-0.2, 0) is 9.53 Å². The minimum absolute atomic E-state index is 0.0851. The Morgan fingerprint density at radius 1 is 1.12 bits per heavy atom. The SMILES string of the molecule is O=C(OCCOc1ccc(Cl)cc1)c1cccc(N2CCCC2=O)c1. The monoisotopic (exact) mass is 359 g/mol. The van der Waals surface area contributed by atoms with Gasteiger partial charge in [-0.25, -0.2) is 4.79 Å². The van der Waals surface area contributed by atoms with Crippen LogP contribution in [0.4, 0.5) is 5.69 Å². The molecule has 1 amide bonds. The Balaban J connectivity index is 1.51. The molecule has 1 heterocycles.